The maximum atomic E-state index is 6.21. The molecule has 8 atom stereocenters. The van der Waals surface area contributed by atoms with Gasteiger partial charge in [0.05, 0.1) is 0 Å². The van der Waals surface area contributed by atoms with Gasteiger partial charge in [0, 0.05) is 17.1 Å². The molecule has 0 aromatic heterocycles. The highest BCUT2D eigenvalue weighted by atomic mass is 35.5. The number of hydrogen-bond donors (Lipinski definition) is 1. The second-order valence-electron chi connectivity index (χ2n) is 11.3. The monoisotopic (exact) mass is 383 g/mol. The molecule has 0 amide bonds. The number of rotatable bonds is 4. The average molecular weight is 384 g/mol. The third-order valence-electron chi connectivity index (χ3n) is 9.68. The van der Waals surface area contributed by atoms with Crippen LogP contribution in [0.2, 0.25) is 5.02 Å². The third kappa shape index (κ3) is 2.67. The molecule has 0 saturated heterocycles. The molecule has 6 saturated carbocycles. The highest BCUT2D eigenvalue weighted by Gasteiger charge is 2.60. The van der Waals surface area contributed by atoms with Gasteiger partial charge in [-0.15, -0.1) is 0 Å². The molecule has 0 radical (unpaired) electrons. The van der Waals surface area contributed by atoms with E-state index in [1.807, 2.05) is 0 Å². The summed E-state index contributed by atoms with van der Waals surface area (Å²) in [6.07, 6.45) is 14.7. The van der Waals surface area contributed by atoms with E-state index in [-0.39, 0.29) is 0 Å². The van der Waals surface area contributed by atoms with Gasteiger partial charge in [-0.05, 0) is 117 Å². The fourth-order valence-electron chi connectivity index (χ4n) is 8.93. The number of halogens is 1. The number of hydrogen-bond acceptors (Lipinski definition) is 1. The summed E-state index contributed by atoms with van der Waals surface area (Å²) in [7, 11) is 0. The summed E-state index contributed by atoms with van der Waals surface area (Å²) in [4.78, 5) is 0. The van der Waals surface area contributed by atoms with E-state index in [4.69, 9.17) is 11.6 Å². The minimum absolute atomic E-state index is 0.430. The molecular formula is C25H34ClN. The molecule has 0 heterocycles. The molecular weight excluding hydrogens is 350 g/mol. The maximum Gasteiger partial charge on any atom is 0.0406 e. The van der Waals surface area contributed by atoms with Crippen molar-refractivity contribution in [1.82, 2.24) is 5.32 Å². The largest absolute Gasteiger partial charge is 0.311 e. The summed E-state index contributed by atoms with van der Waals surface area (Å²) in [6.45, 7) is 2.55. The van der Waals surface area contributed by atoms with E-state index in [2.05, 4.69) is 36.5 Å². The van der Waals surface area contributed by atoms with Gasteiger partial charge in [0.2, 0.25) is 0 Å². The Morgan fingerprint density at radius 1 is 0.926 bits per heavy atom. The molecule has 6 aliphatic rings. The van der Waals surface area contributed by atoms with Crippen molar-refractivity contribution < 1.29 is 0 Å². The van der Waals surface area contributed by atoms with Gasteiger partial charge in [-0.1, -0.05) is 30.2 Å². The molecule has 1 aromatic rings. The predicted molar refractivity (Wildman–Crippen MR) is 112 cm³/mol. The normalized spacial score (nSPS) is 48.3. The standard InChI is InChI=1S/C25H34ClN/c1-16(27-23-10-17-2-3-20(23)9-17)24-11-18-8-19(12-24)14-25(13-18,15-24)21-4-6-22(26)7-5-21/h4-7,16-20,23,27H,2-3,8-15H2,1H3/t16-,17-,18-,19+,20-,23-,24?,25?/m1/s1. The van der Waals surface area contributed by atoms with E-state index >= 15 is 0 Å². The Labute approximate surface area is 169 Å². The Morgan fingerprint density at radius 2 is 1.67 bits per heavy atom. The molecule has 1 aromatic carbocycles. The summed E-state index contributed by atoms with van der Waals surface area (Å²) >= 11 is 6.21. The van der Waals surface area contributed by atoms with Crippen LogP contribution in [0.5, 0.6) is 0 Å². The second-order valence-corrected chi connectivity index (χ2v) is 11.7. The molecule has 1 N–H and O–H groups in total. The molecule has 6 fully saturated rings. The minimum atomic E-state index is 0.430. The first-order valence-corrected chi connectivity index (χ1v) is 11.9. The van der Waals surface area contributed by atoms with Crippen LogP contribution in [0.1, 0.15) is 76.7 Å². The van der Waals surface area contributed by atoms with Crippen LogP contribution in [0.15, 0.2) is 24.3 Å². The van der Waals surface area contributed by atoms with Crippen molar-refractivity contribution in [2.45, 2.75) is 88.6 Å². The highest BCUT2D eigenvalue weighted by molar-refractivity contribution is 6.30. The fourth-order valence-corrected chi connectivity index (χ4v) is 9.05. The van der Waals surface area contributed by atoms with Crippen LogP contribution in [-0.4, -0.2) is 12.1 Å². The first kappa shape index (κ1) is 17.3. The van der Waals surface area contributed by atoms with Crippen molar-refractivity contribution in [2.24, 2.45) is 29.1 Å². The Morgan fingerprint density at radius 3 is 2.30 bits per heavy atom. The summed E-state index contributed by atoms with van der Waals surface area (Å²) in [5.41, 5.74) is 2.54. The van der Waals surface area contributed by atoms with Crippen molar-refractivity contribution in [2.75, 3.05) is 0 Å². The van der Waals surface area contributed by atoms with Gasteiger partial charge in [0.1, 0.15) is 0 Å². The summed E-state index contributed by atoms with van der Waals surface area (Å²) in [5.74, 6) is 3.92. The molecule has 0 aliphatic heterocycles. The SMILES string of the molecule is C[C@@H](N[C@@H]1C[C@@H]2CC[C@@H]1C2)C12C[C@@H]3C[C@@H](CC(c4ccc(Cl)cc4)(C3)C1)C2. The molecule has 0 spiro atoms. The summed E-state index contributed by atoms with van der Waals surface area (Å²) in [6, 6.07) is 10.4. The molecule has 146 valence electrons. The number of fused-ring (bicyclic) bond motifs is 2. The minimum Gasteiger partial charge on any atom is -0.311 e. The van der Waals surface area contributed by atoms with Gasteiger partial charge in [-0.2, -0.15) is 0 Å². The smallest absolute Gasteiger partial charge is 0.0406 e. The van der Waals surface area contributed by atoms with Crippen molar-refractivity contribution in [1.29, 1.82) is 0 Å². The lowest BCUT2D eigenvalue weighted by Gasteiger charge is -2.64. The van der Waals surface area contributed by atoms with Crippen LogP contribution < -0.4 is 5.32 Å². The topological polar surface area (TPSA) is 12.0 Å². The van der Waals surface area contributed by atoms with Gasteiger partial charge in [0.25, 0.3) is 0 Å². The summed E-state index contributed by atoms with van der Waals surface area (Å²) in [5, 5.41) is 5.10. The van der Waals surface area contributed by atoms with Gasteiger partial charge < -0.3 is 5.32 Å². The zero-order chi connectivity index (χ0) is 18.2. The maximum absolute atomic E-state index is 6.21. The fraction of sp³-hybridized carbons (Fsp3) is 0.760. The van der Waals surface area contributed by atoms with Crippen LogP contribution in [-0.2, 0) is 5.41 Å². The molecule has 7 rings (SSSR count). The lowest BCUT2D eigenvalue weighted by Crippen LogP contribution is -2.61. The average Bonchev–Trinajstić information content (AvgIpc) is 3.24. The first-order valence-electron chi connectivity index (χ1n) is 11.6. The Balaban J connectivity index is 1.28. The molecule has 2 heteroatoms. The molecule has 27 heavy (non-hydrogen) atoms. The van der Waals surface area contributed by atoms with Crippen LogP contribution >= 0.6 is 11.6 Å². The van der Waals surface area contributed by atoms with Crippen LogP contribution in [0.3, 0.4) is 0 Å². The van der Waals surface area contributed by atoms with Crippen molar-refractivity contribution in [3.8, 4) is 0 Å². The molecule has 1 nitrogen and oxygen atoms in total. The zero-order valence-electron chi connectivity index (χ0n) is 16.7. The molecule has 2 unspecified atom stereocenters. The highest BCUT2D eigenvalue weighted by Crippen LogP contribution is 2.67. The predicted octanol–water partition coefficient (Wildman–Crippen LogP) is 6.34. The second kappa shape index (κ2) is 5.99. The van der Waals surface area contributed by atoms with E-state index in [1.54, 1.807) is 5.56 Å². The Bertz CT molecular complexity index is 710. The van der Waals surface area contributed by atoms with Crippen LogP contribution in [0, 0.1) is 29.1 Å². The van der Waals surface area contributed by atoms with Gasteiger partial charge in [-0.3, -0.25) is 0 Å². The number of benzene rings is 1. The van der Waals surface area contributed by atoms with E-state index in [0.29, 0.717) is 16.9 Å². The zero-order valence-corrected chi connectivity index (χ0v) is 17.5. The quantitative estimate of drug-likeness (QED) is 0.639. The first-order chi connectivity index (χ1) is 13.0. The van der Waals surface area contributed by atoms with Gasteiger partial charge in [0.15, 0.2) is 0 Å². The van der Waals surface area contributed by atoms with Gasteiger partial charge >= 0.3 is 0 Å². The van der Waals surface area contributed by atoms with Crippen molar-refractivity contribution in [3.63, 3.8) is 0 Å². The lowest BCUT2D eigenvalue weighted by atomic mass is 9.41. The summed E-state index contributed by atoms with van der Waals surface area (Å²) < 4.78 is 0. The number of nitrogens with one attached hydrogen (secondary N) is 1. The third-order valence-corrected chi connectivity index (χ3v) is 9.94. The van der Waals surface area contributed by atoms with Crippen molar-refractivity contribution in [3.05, 3.63) is 34.9 Å². The van der Waals surface area contributed by atoms with Gasteiger partial charge in [-0.25, -0.2) is 0 Å². The Hall–Kier alpha value is -0.530. The van der Waals surface area contributed by atoms with E-state index in [1.165, 1.54) is 64.2 Å². The van der Waals surface area contributed by atoms with E-state index in [0.717, 1.165) is 34.7 Å². The molecule has 6 bridgehead atoms. The van der Waals surface area contributed by atoms with Crippen LogP contribution in [0.4, 0.5) is 0 Å². The van der Waals surface area contributed by atoms with Crippen molar-refractivity contribution >= 4 is 11.6 Å². The van der Waals surface area contributed by atoms with E-state index < -0.39 is 0 Å². The Kier molecular flexibility index (Phi) is 3.84. The van der Waals surface area contributed by atoms with E-state index in [9.17, 15) is 0 Å². The van der Waals surface area contributed by atoms with Crippen LogP contribution in [0.25, 0.3) is 0 Å². The molecule has 6 aliphatic carbocycles. The lowest BCUT2D eigenvalue weighted by molar-refractivity contribution is -0.0903.